The SMILES string of the molecule is CCOC(=O)C1c2cn(C(=O)c3ccc(CC)cc3)cc21. The van der Waals surface area contributed by atoms with Crippen LogP contribution in [0.1, 0.15) is 46.8 Å². The lowest BCUT2D eigenvalue weighted by Gasteiger charge is -2.05. The van der Waals surface area contributed by atoms with E-state index in [1.54, 1.807) is 23.9 Å². The Hall–Kier alpha value is -2.36. The van der Waals surface area contributed by atoms with Crippen molar-refractivity contribution < 1.29 is 14.3 Å². The fraction of sp³-hybridized carbons (Fsp3) is 0.294. The van der Waals surface area contributed by atoms with Gasteiger partial charge in [-0.05, 0) is 42.2 Å². The summed E-state index contributed by atoms with van der Waals surface area (Å²) in [6.45, 7) is 4.24. The molecular weight excluding hydrogens is 266 g/mol. The molecule has 4 nitrogen and oxygen atoms in total. The van der Waals surface area contributed by atoms with Crippen molar-refractivity contribution in [3.8, 4) is 0 Å². The highest BCUT2D eigenvalue weighted by atomic mass is 16.5. The predicted octanol–water partition coefficient (Wildman–Crippen LogP) is 2.75. The lowest BCUT2D eigenvalue weighted by atomic mass is 10.1. The Bertz CT molecular complexity index is 676. The van der Waals surface area contributed by atoms with Gasteiger partial charge in [-0.25, -0.2) is 0 Å². The van der Waals surface area contributed by atoms with Crippen LogP contribution in [0.5, 0.6) is 0 Å². The van der Waals surface area contributed by atoms with Crippen LogP contribution in [0.4, 0.5) is 0 Å². The fourth-order valence-corrected chi connectivity index (χ4v) is 2.52. The number of fused-ring (bicyclic) bond motifs is 1. The molecule has 1 aromatic carbocycles. The van der Waals surface area contributed by atoms with Crippen molar-refractivity contribution in [2.75, 3.05) is 6.61 Å². The Kier molecular flexibility index (Phi) is 3.37. The summed E-state index contributed by atoms with van der Waals surface area (Å²) in [6, 6.07) is 7.60. The van der Waals surface area contributed by atoms with Crippen molar-refractivity contribution in [1.82, 2.24) is 4.57 Å². The summed E-state index contributed by atoms with van der Waals surface area (Å²) in [5, 5.41) is 0. The monoisotopic (exact) mass is 283 g/mol. The molecule has 1 aromatic heterocycles. The largest absolute Gasteiger partial charge is 0.465 e. The highest BCUT2D eigenvalue weighted by molar-refractivity contribution is 5.98. The summed E-state index contributed by atoms with van der Waals surface area (Å²) in [4.78, 5) is 24.0. The van der Waals surface area contributed by atoms with Gasteiger partial charge in [0.05, 0.1) is 6.61 Å². The van der Waals surface area contributed by atoms with E-state index in [1.807, 2.05) is 24.3 Å². The summed E-state index contributed by atoms with van der Waals surface area (Å²) in [5.41, 5.74) is 3.64. The van der Waals surface area contributed by atoms with E-state index in [0.29, 0.717) is 12.2 Å². The van der Waals surface area contributed by atoms with E-state index in [2.05, 4.69) is 6.92 Å². The van der Waals surface area contributed by atoms with Crippen LogP contribution >= 0.6 is 0 Å². The van der Waals surface area contributed by atoms with E-state index >= 15 is 0 Å². The van der Waals surface area contributed by atoms with E-state index in [1.165, 1.54) is 5.56 Å². The molecule has 0 amide bonds. The predicted molar refractivity (Wildman–Crippen MR) is 78.5 cm³/mol. The number of hydrogen-bond donors (Lipinski definition) is 0. The summed E-state index contributed by atoms with van der Waals surface area (Å²) >= 11 is 0. The molecule has 0 radical (unpaired) electrons. The average Bonchev–Trinajstić information content (AvgIpc) is 3.01. The first-order valence-corrected chi connectivity index (χ1v) is 7.17. The van der Waals surface area contributed by atoms with Crippen LogP contribution in [-0.4, -0.2) is 23.1 Å². The molecule has 0 spiro atoms. The highest BCUT2D eigenvalue weighted by Gasteiger charge is 2.42. The van der Waals surface area contributed by atoms with Gasteiger partial charge in [0.25, 0.3) is 5.91 Å². The van der Waals surface area contributed by atoms with E-state index in [0.717, 1.165) is 17.5 Å². The molecule has 1 aliphatic rings. The lowest BCUT2D eigenvalue weighted by molar-refractivity contribution is -0.142. The lowest BCUT2D eigenvalue weighted by Crippen LogP contribution is -2.12. The first kappa shape index (κ1) is 13.6. The van der Waals surface area contributed by atoms with Crippen molar-refractivity contribution in [3.05, 3.63) is 58.9 Å². The number of nitrogens with zero attached hydrogens (tertiary/aromatic N) is 1. The molecule has 4 heteroatoms. The quantitative estimate of drug-likeness (QED) is 0.811. The zero-order valence-electron chi connectivity index (χ0n) is 12.1. The highest BCUT2D eigenvalue weighted by Crippen LogP contribution is 2.45. The van der Waals surface area contributed by atoms with Gasteiger partial charge in [0.1, 0.15) is 5.92 Å². The maximum absolute atomic E-state index is 12.3. The number of aryl methyl sites for hydroxylation is 1. The minimum atomic E-state index is -0.253. The van der Waals surface area contributed by atoms with E-state index in [-0.39, 0.29) is 17.8 Å². The van der Waals surface area contributed by atoms with Gasteiger partial charge in [-0.3, -0.25) is 14.2 Å². The Morgan fingerprint density at radius 1 is 1.10 bits per heavy atom. The first-order chi connectivity index (χ1) is 10.2. The smallest absolute Gasteiger partial charge is 0.318 e. The maximum atomic E-state index is 12.3. The van der Waals surface area contributed by atoms with Gasteiger partial charge in [0.2, 0.25) is 0 Å². The summed E-state index contributed by atoms with van der Waals surface area (Å²) in [7, 11) is 0. The standard InChI is InChI=1S/C17H17NO3/c1-3-11-5-7-12(8-6-11)16(19)18-9-13-14(10-18)15(13)17(20)21-4-2/h5-10,15H,3-4H2,1-2H3. The van der Waals surface area contributed by atoms with Gasteiger partial charge in [0.15, 0.2) is 0 Å². The van der Waals surface area contributed by atoms with Crippen LogP contribution in [0.15, 0.2) is 36.7 Å². The van der Waals surface area contributed by atoms with Crippen molar-refractivity contribution in [3.63, 3.8) is 0 Å². The summed E-state index contributed by atoms with van der Waals surface area (Å²) in [5.74, 6) is -0.557. The molecule has 1 aliphatic carbocycles. The molecule has 0 aliphatic heterocycles. The third-order valence-corrected chi connectivity index (χ3v) is 3.79. The zero-order chi connectivity index (χ0) is 15.0. The van der Waals surface area contributed by atoms with E-state index < -0.39 is 0 Å². The maximum Gasteiger partial charge on any atom is 0.318 e. The normalized spacial score (nSPS) is 12.9. The summed E-state index contributed by atoms with van der Waals surface area (Å²) in [6.07, 6.45) is 4.41. The van der Waals surface area contributed by atoms with Crippen molar-refractivity contribution in [1.29, 1.82) is 0 Å². The number of aromatic nitrogens is 1. The van der Waals surface area contributed by atoms with Crippen molar-refractivity contribution >= 4 is 11.9 Å². The molecule has 0 atom stereocenters. The van der Waals surface area contributed by atoms with Gasteiger partial charge in [-0.15, -0.1) is 0 Å². The minimum Gasteiger partial charge on any atom is -0.465 e. The molecule has 0 fully saturated rings. The van der Waals surface area contributed by atoms with Crippen LogP contribution in [0.25, 0.3) is 0 Å². The topological polar surface area (TPSA) is 48.3 Å². The third kappa shape index (κ3) is 2.37. The number of carbonyl (C=O) groups excluding carboxylic acids is 2. The Morgan fingerprint density at radius 2 is 1.71 bits per heavy atom. The third-order valence-electron chi connectivity index (χ3n) is 3.79. The van der Waals surface area contributed by atoms with Crippen LogP contribution in [0, 0.1) is 0 Å². The molecular formula is C17H17NO3. The fourth-order valence-electron chi connectivity index (χ4n) is 2.52. The second-order valence-corrected chi connectivity index (χ2v) is 5.12. The number of ether oxygens (including phenoxy) is 1. The molecule has 108 valence electrons. The van der Waals surface area contributed by atoms with E-state index in [4.69, 9.17) is 4.74 Å². The second-order valence-electron chi connectivity index (χ2n) is 5.12. The number of benzene rings is 1. The van der Waals surface area contributed by atoms with E-state index in [9.17, 15) is 9.59 Å². The van der Waals surface area contributed by atoms with Gasteiger partial charge in [0, 0.05) is 18.0 Å². The minimum absolute atomic E-state index is 0.0764. The van der Waals surface area contributed by atoms with Gasteiger partial charge in [-0.1, -0.05) is 19.1 Å². The van der Waals surface area contributed by atoms with Crippen molar-refractivity contribution in [2.24, 2.45) is 0 Å². The molecule has 3 rings (SSSR count). The van der Waals surface area contributed by atoms with Gasteiger partial charge >= 0.3 is 5.97 Å². The molecule has 0 unspecified atom stereocenters. The molecule has 0 N–H and O–H groups in total. The first-order valence-electron chi connectivity index (χ1n) is 7.17. The Labute approximate surface area is 123 Å². The summed E-state index contributed by atoms with van der Waals surface area (Å²) < 4.78 is 6.53. The Morgan fingerprint density at radius 3 is 2.24 bits per heavy atom. The van der Waals surface area contributed by atoms with Crippen LogP contribution in [-0.2, 0) is 16.0 Å². The van der Waals surface area contributed by atoms with Crippen molar-refractivity contribution in [2.45, 2.75) is 26.2 Å². The molecule has 2 aromatic rings. The van der Waals surface area contributed by atoms with Crippen LogP contribution < -0.4 is 0 Å². The average molecular weight is 283 g/mol. The number of carbonyl (C=O) groups is 2. The van der Waals surface area contributed by atoms with Gasteiger partial charge in [-0.2, -0.15) is 0 Å². The molecule has 1 heterocycles. The van der Waals surface area contributed by atoms with Crippen LogP contribution in [0.3, 0.4) is 0 Å². The Balaban J connectivity index is 1.73. The van der Waals surface area contributed by atoms with Crippen LogP contribution in [0.2, 0.25) is 0 Å². The molecule has 0 saturated carbocycles. The zero-order valence-corrected chi connectivity index (χ0v) is 12.1. The molecule has 0 bridgehead atoms. The number of esters is 1. The number of rotatable bonds is 4. The molecule has 0 saturated heterocycles. The second kappa shape index (κ2) is 5.20. The molecule has 21 heavy (non-hydrogen) atoms. The number of hydrogen-bond acceptors (Lipinski definition) is 3. The van der Waals surface area contributed by atoms with Gasteiger partial charge < -0.3 is 4.74 Å².